The molecule has 0 radical (unpaired) electrons. The van der Waals surface area contributed by atoms with Crippen molar-refractivity contribution in [1.29, 1.82) is 0 Å². The standard InChI is InChI=1S/C25H39N5O2.HI/c1-6-22(7-2)24-12-23(32-29-24)14-28-25(26-5)27-13-20-8-10-21(11-9-20)17-30-15-18(3)31-19(4)16-30;/h8-12,18-19,22H,6-7,13-17H2,1-5H3,(H2,26,27,28);1H. The van der Waals surface area contributed by atoms with Crippen LogP contribution in [0.15, 0.2) is 39.8 Å². The molecule has 1 aromatic carbocycles. The number of guanidine groups is 1. The molecule has 3 rings (SSSR count). The first-order valence-electron chi connectivity index (χ1n) is 11.9. The van der Waals surface area contributed by atoms with E-state index in [1.54, 1.807) is 7.05 Å². The molecule has 0 amide bonds. The molecule has 0 saturated carbocycles. The van der Waals surface area contributed by atoms with Crippen molar-refractivity contribution in [2.24, 2.45) is 4.99 Å². The van der Waals surface area contributed by atoms with Crippen LogP contribution in [0.1, 0.15) is 69.0 Å². The molecule has 1 aliphatic heterocycles. The monoisotopic (exact) mass is 569 g/mol. The van der Waals surface area contributed by atoms with Crippen molar-refractivity contribution in [3.05, 3.63) is 52.9 Å². The van der Waals surface area contributed by atoms with E-state index in [0.29, 0.717) is 31.2 Å². The molecule has 0 spiro atoms. The fourth-order valence-electron chi connectivity index (χ4n) is 4.32. The van der Waals surface area contributed by atoms with Gasteiger partial charge in [0.05, 0.1) is 24.4 Å². The van der Waals surface area contributed by atoms with Crippen LogP contribution in [0.2, 0.25) is 0 Å². The van der Waals surface area contributed by atoms with Crippen LogP contribution in [-0.2, 0) is 24.4 Å². The normalized spacial score (nSPS) is 19.4. The van der Waals surface area contributed by atoms with Crippen molar-refractivity contribution in [3.8, 4) is 0 Å². The van der Waals surface area contributed by atoms with E-state index in [2.05, 4.69) is 77.6 Å². The average molecular weight is 570 g/mol. The van der Waals surface area contributed by atoms with Gasteiger partial charge in [-0.3, -0.25) is 9.89 Å². The largest absolute Gasteiger partial charge is 0.373 e. The molecule has 1 saturated heterocycles. The highest BCUT2D eigenvalue weighted by molar-refractivity contribution is 14.0. The topological polar surface area (TPSA) is 74.9 Å². The van der Waals surface area contributed by atoms with Crippen molar-refractivity contribution < 1.29 is 9.26 Å². The average Bonchev–Trinajstić information content (AvgIpc) is 3.24. The number of morpholine rings is 1. The van der Waals surface area contributed by atoms with E-state index in [0.717, 1.165) is 49.9 Å². The molecule has 2 N–H and O–H groups in total. The molecule has 0 bridgehead atoms. The molecule has 1 fully saturated rings. The minimum Gasteiger partial charge on any atom is -0.373 e. The van der Waals surface area contributed by atoms with Gasteiger partial charge in [-0.2, -0.15) is 0 Å². The van der Waals surface area contributed by atoms with Crippen molar-refractivity contribution >= 4 is 29.9 Å². The second-order valence-corrected chi connectivity index (χ2v) is 8.78. The van der Waals surface area contributed by atoms with Gasteiger partial charge in [-0.05, 0) is 37.8 Å². The number of halogens is 1. The first-order chi connectivity index (χ1) is 15.5. The Morgan fingerprint density at radius 3 is 2.27 bits per heavy atom. The number of benzene rings is 1. The number of nitrogens with one attached hydrogen (secondary N) is 2. The summed E-state index contributed by atoms with van der Waals surface area (Å²) in [4.78, 5) is 6.78. The Morgan fingerprint density at radius 2 is 1.67 bits per heavy atom. The van der Waals surface area contributed by atoms with Crippen LogP contribution < -0.4 is 10.6 Å². The number of hydrogen-bond donors (Lipinski definition) is 2. The van der Waals surface area contributed by atoms with Gasteiger partial charge in [0.2, 0.25) is 0 Å². The van der Waals surface area contributed by atoms with Gasteiger partial charge in [-0.15, -0.1) is 24.0 Å². The molecule has 1 aliphatic rings. The maximum Gasteiger partial charge on any atom is 0.191 e. The van der Waals surface area contributed by atoms with E-state index in [4.69, 9.17) is 9.26 Å². The Kier molecular flexibility index (Phi) is 11.6. The molecule has 33 heavy (non-hydrogen) atoms. The summed E-state index contributed by atoms with van der Waals surface area (Å²) in [6.45, 7) is 12.9. The number of ether oxygens (including phenoxy) is 1. The first kappa shape index (κ1) is 27.6. The van der Waals surface area contributed by atoms with Crippen LogP contribution in [0.3, 0.4) is 0 Å². The van der Waals surface area contributed by atoms with Gasteiger partial charge in [-0.1, -0.05) is 43.3 Å². The zero-order chi connectivity index (χ0) is 22.9. The predicted molar refractivity (Wildman–Crippen MR) is 144 cm³/mol. The number of rotatable bonds is 9. The quantitative estimate of drug-likeness (QED) is 0.260. The van der Waals surface area contributed by atoms with E-state index in [9.17, 15) is 0 Å². The molecule has 1 aromatic heterocycles. The Bertz CT molecular complexity index is 841. The molecule has 8 heteroatoms. The highest BCUT2D eigenvalue weighted by atomic mass is 127. The Hall–Kier alpha value is -1.65. The second-order valence-electron chi connectivity index (χ2n) is 8.78. The summed E-state index contributed by atoms with van der Waals surface area (Å²) in [5.74, 6) is 2.03. The Labute approximate surface area is 215 Å². The third-order valence-electron chi connectivity index (χ3n) is 6.02. The van der Waals surface area contributed by atoms with Gasteiger partial charge < -0.3 is 19.9 Å². The predicted octanol–water partition coefficient (Wildman–Crippen LogP) is 4.67. The summed E-state index contributed by atoms with van der Waals surface area (Å²) < 4.78 is 11.3. The lowest BCUT2D eigenvalue weighted by Crippen LogP contribution is -2.44. The summed E-state index contributed by atoms with van der Waals surface area (Å²) in [7, 11) is 1.78. The van der Waals surface area contributed by atoms with E-state index in [1.807, 2.05) is 6.07 Å². The zero-order valence-electron chi connectivity index (χ0n) is 20.6. The minimum absolute atomic E-state index is 0. The molecular formula is C25H40IN5O2. The summed E-state index contributed by atoms with van der Waals surface area (Å²) in [5.41, 5.74) is 3.59. The number of hydrogen-bond acceptors (Lipinski definition) is 5. The maximum atomic E-state index is 5.83. The highest BCUT2D eigenvalue weighted by Crippen LogP contribution is 2.22. The summed E-state index contributed by atoms with van der Waals surface area (Å²) in [6.07, 6.45) is 2.74. The van der Waals surface area contributed by atoms with Crippen molar-refractivity contribution in [3.63, 3.8) is 0 Å². The lowest BCUT2D eigenvalue weighted by molar-refractivity contribution is -0.0704. The molecule has 2 atom stereocenters. The van der Waals surface area contributed by atoms with Gasteiger partial charge in [0.1, 0.15) is 0 Å². The Balaban J connectivity index is 0.00000385. The summed E-state index contributed by atoms with van der Waals surface area (Å²) in [5, 5.41) is 10.9. The number of aromatic nitrogens is 1. The van der Waals surface area contributed by atoms with Crippen molar-refractivity contribution in [2.45, 2.75) is 78.3 Å². The Morgan fingerprint density at radius 1 is 1.06 bits per heavy atom. The van der Waals surface area contributed by atoms with Crippen LogP contribution in [0.5, 0.6) is 0 Å². The van der Waals surface area contributed by atoms with E-state index in [1.165, 1.54) is 11.1 Å². The SMILES string of the molecule is CCC(CC)c1cc(CNC(=NC)NCc2ccc(CN3CC(C)OC(C)C3)cc2)on1.I. The van der Waals surface area contributed by atoms with Gasteiger partial charge >= 0.3 is 0 Å². The molecule has 2 aromatic rings. The lowest BCUT2D eigenvalue weighted by Gasteiger charge is -2.35. The summed E-state index contributed by atoms with van der Waals surface area (Å²) >= 11 is 0. The molecule has 2 unspecified atom stereocenters. The third-order valence-corrected chi connectivity index (χ3v) is 6.02. The van der Waals surface area contributed by atoms with Gasteiger partial charge in [-0.25, -0.2) is 0 Å². The van der Waals surface area contributed by atoms with E-state index < -0.39 is 0 Å². The maximum absolute atomic E-state index is 5.83. The minimum atomic E-state index is 0. The van der Waals surface area contributed by atoms with Gasteiger partial charge in [0.25, 0.3) is 0 Å². The van der Waals surface area contributed by atoms with Crippen LogP contribution in [-0.4, -0.2) is 48.4 Å². The fourth-order valence-corrected chi connectivity index (χ4v) is 4.32. The van der Waals surface area contributed by atoms with Crippen LogP contribution in [0.25, 0.3) is 0 Å². The highest BCUT2D eigenvalue weighted by Gasteiger charge is 2.22. The molecule has 0 aliphatic carbocycles. The number of aliphatic imine (C=N–C) groups is 1. The van der Waals surface area contributed by atoms with Crippen LogP contribution in [0.4, 0.5) is 0 Å². The summed E-state index contributed by atoms with van der Waals surface area (Å²) in [6, 6.07) is 10.8. The smallest absolute Gasteiger partial charge is 0.191 e. The molecular weight excluding hydrogens is 529 g/mol. The van der Waals surface area contributed by atoms with Crippen LogP contribution in [0, 0.1) is 0 Å². The zero-order valence-corrected chi connectivity index (χ0v) is 23.0. The van der Waals surface area contributed by atoms with Crippen LogP contribution >= 0.6 is 24.0 Å². The van der Waals surface area contributed by atoms with Gasteiger partial charge in [0, 0.05) is 45.2 Å². The molecule has 184 valence electrons. The van der Waals surface area contributed by atoms with Gasteiger partial charge in [0.15, 0.2) is 11.7 Å². The third kappa shape index (κ3) is 8.57. The van der Waals surface area contributed by atoms with Crippen molar-refractivity contribution in [1.82, 2.24) is 20.7 Å². The van der Waals surface area contributed by atoms with E-state index in [-0.39, 0.29) is 24.0 Å². The number of nitrogens with zero attached hydrogens (tertiary/aromatic N) is 3. The molecule has 2 heterocycles. The molecule has 7 nitrogen and oxygen atoms in total. The fraction of sp³-hybridized carbons (Fsp3) is 0.600. The lowest BCUT2D eigenvalue weighted by atomic mass is 9.99. The van der Waals surface area contributed by atoms with E-state index >= 15 is 0 Å². The van der Waals surface area contributed by atoms with Crippen molar-refractivity contribution in [2.75, 3.05) is 20.1 Å². The first-order valence-corrected chi connectivity index (χ1v) is 11.9. The second kappa shape index (κ2) is 13.9.